The molecule has 1 aromatic rings. The fourth-order valence-electron chi connectivity index (χ4n) is 2.33. The van der Waals surface area contributed by atoms with Gasteiger partial charge in [0.25, 0.3) is 0 Å². The van der Waals surface area contributed by atoms with Crippen molar-refractivity contribution < 1.29 is 9.53 Å². The van der Waals surface area contributed by atoms with E-state index >= 15 is 0 Å². The van der Waals surface area contributed by atoms with Crippen molar-refractivity contribution in [2.24, 2.45) is 5.92 Å². The molecule has 0 atom stereocenters. The first-order chi connectivity index (χ1) is 8.68. The van der Waals surface area contributed by atoms with Crippen molar-refractivity contribution in [2.75, 3.05) is 12.3 Å². The molecule has 1 aromatic carbocycles. The van der Waals surface area contributed by atoms with E-state index in [0.717, 1.165) is 0 Å². The van der Waals surface area contributed by atoms with E-state index in [2.05, 4.69) is 15.9 Å². The van der Waals surface area contributed by atoms with Crippen LogP contribution in [0.2, 0.25) is 0 Å². The molecule has 0 saturated heterocycles. The van der Waals surface area contributed by atoms with Gasteiger partial charge in [0.1, 0.15) is 0 Å². The molecule has 2 rings (SSSR count). The number of halogens is 1. The van der Waals surface area contributed by atoms with Crippen LogP contribution in [0.25, 0.3) is 0 Å². The maximum absolute atomic E-state index is 12.0. The molecule has 0 aromatic heterocycles. The van der Waals surface area contributed by atoms with Gasteiger partial charge in [0.15, 0.2) is 0 Å². The van der Waals surface area contributed by atoms with Gasteiger partial charge >= 0.3 is 5.97 Å². The lowest BCUT2D eigenvalue weighted by atomic mass is 9.90. The molecule has 3 nitrogen and oxygen atoms in total. The van der Waals surface area contributed by atoms with E-state index in [1.807, 2.05) is 0 Å². The monoisotopic (exact) mass is 311 g/mol. The zero-order valence-corrected chi connectivity index (χ0v) is 11.9. The number of anilines is 1. The number of carbonyl (C=O) groups is 1. The Morgan fingerprint density at radius 3 is 2.78 bits per heavy atom. The molecule has 0 heterocycles. The number of hydrogen-bond acceptors (Lipinski definition) is 3. The highest BCUT2D eigenvalue weighted by Gasteiger charge is 2.18. The lowest BCUT2D eigenvalue weighted by Gasteiger charge is -2.21. The molecule has 4 heteroatoms. The molecule has 2 N–H and O–H groups in total. The Balaban J connectivity index is 1.93. The predicted octanol–water partition coefficient (Wildman–Crippen LogP) is 3.77. The molecule has 98 valence electrons. The molecule has 0 radical (unpaired) electrons. The Morgan fingerprint density at radius 1 is 1.33 bits per heavy atom. The second-order valence-electron chi connectivity index (χ2n) is 4.81. The SMILES string of the molecule is Nc1cccc(C(=O)OCC2CCCCC2)c1Br. The summed E-state index contributed by atoms with van der Waals surface area (Å²) in [4.78, 5) is 12.0. The summed E-state index contributed by atoms with van der Waals surface area (Å²) in [6, 6.07) is 5.24. The summed E-state index contributed by atoms with van der Waals surface area (Å²) in [7, 11) is 0. The average Bonchev–Trinajstić information content (AvgIpc) is 2.40. The smallest absolute Gasteiger partial charge is 0.339 e. The number of nitrogen functional groups attached to an aromatic ring is 1. The molecule has 0 spiro atoms. The average molecular weight is 312 g/mol. The summed E-state index contributed by atoms with van der Waals surface area (Å²) < 4.78 is 6.00. The number of rotatable bonds is 3. The van der Waals surface area contributed by atoms with Gasteiger partial charge in [0.05, 0.1) is 16.6 Å². The lowest BCUT2D eigenvalue weighted by Crippen LogP contribution is -2.17. The van der Waals surface area contributed by atoms with Crippen LogP contribution in [0, 0.1) is 5.92 Å². The maximum atomic E-state index is 12.0. The normalized spacial score (nSPS) is 16.5. The Hall–Kier alpha value is -1.03. The molecule has 0 bridgehead atoms. The molecule has 0 aliphatic heterocycles. The first-order valence-electron chi connectivity index (χ1n) is 6.39. The van der Waals surface area contributed by atoms with Crippen molar-refractivity contribution in [3.63, 3.8) is 0 Å². The second kappa shape index (κ2) is 6.23. The minimum Gasteiger partial charge on any atom is -0.462 e. The van der Waals surface area contributed by atoms with Crippen LogP contribution >= 0.6 is 15.9 Å². The quantitative estimate of drug-likeness (QED) is 0.683. The molecule has 0 unspecified atom stereocenters. The predicted molar refractivity (Wildman–Crippen MR) is 75.4 cm³/mol. The van der Waals surface area contributed by atoms with E-state index in [0.29, 0.717) is 28.2 Å². The van der Waals surface area contributed by atoms with Crippen LogP contribution in [-0.2, 0) is 4.74 Å². The van der Waals surface area contributed by atoms with Crippen LogP contribution in [0.1, 0.15) is 42.5 Å². The summed E-state index contributed by atoms with van der Waals surface area (Å²) in [5, 5.41) is 0. The highest BCUT2D eigenvalue weighted by atomic mass is 79.9. The molecule has 18 heavy (non-hydrogen) atoms. The molecule has 1 fully saturated rings. The van der Waals surface area contributed by atoms with Crippen LogP contribution in [0.4, 0.5) is 5.69 Å². The van der Waals surface area contributed by atoms with Gasteiger partial charge in [-0.1, -0.05) is 25.3 Å². The highest BCUT2D eigenvalue weighted by molar-refractivity contribution is 9.10. The van der Waals surface area contributed by atoms with Crippen molar-refractivity contribution >= 4 is 27.6 Å². The number of hydrogen-bond donors (Lipinski definition) is 1. The van der Waals surface area contributed by atoms with Gasteiger partial charge in [0, 0.05) is 5.69 Å². The molecule has 0 amide bonds. The minimum atomic E-state index is -0.292. The van der Waals surface area contributed by atoms with E-state index in [-0.39, 0.29) is 5.97 Å². The van der Waals surface area contributed by atoms with E-state index in [9.17, 15) is 4.79 Å². The molecule has 1 saturated carbocycles. The zero-order valence-electron chi connectivity index (χ0n) is 10.3. The third kappa shape index (κ3) is 3.25. The number of nitrogens with two attached hydrogens (primary N) is 1. The number of esters is 1. The molecule has 1 aliphatic rings. The summed E-state index contributed by atoms with van der Waals surface area (Å²) >= 11 is 3.32. The van der Waals surface area contributed by atoms with Crippen LogP contribution in [0.5, 0.6) is 0 Å². The lowest BCUT2D eigenvalue weighted by molar-refractivity contribution is 0.0409. The number of carbonyl (C=O) groups excluding carboxylic acids is 1. The Kier molecular flexibility index (Phi) is 4.64. The standard InChI is InChI=1S/C14H18BrNO2/c15-13-11(7-4-8-12(13)16)14(17)18-9-10-5-2-1-3-6-10/h4,7-8,10H,1-3,5-6,9,16H2. The van der Waals surface area contributed by atoms with Gasteiger partial charge in [-0.05, 0) is 46.8 Å². The van der Waals surface area contributed by atoms with Gasteiger partial charge < -0.3 is 10.5 Å². The van der Waals surface area contributed by atoms with Crippen LogP contribution < -0.4 is 5.73 Å². The van der Waals surface area contributed by atoms with E-state index in [1.54, 1.807) is 18.2 Å². The third-order valence-electron chi connectivity index (χ3n) is 3.42. The third-order valence-corrected chi connectivity index (χ3v) is 4.31. The van der Waals surface area contributed by atoms with Crippen molar-refractivity contribution in [2.45, 2.75) is 32.1 Å². The topological polar surface area (TPSA) is 52.3 Å². The van der Waals surface area contributed by atoms with Gasteiger partial charge in [-0.3, -0.25) is 0 Å². The number of benzene rings is 1. The number of ether oxygens (including phenoxy) is 1. The van der Waals surface area contributed by atoms with E-state index < -0.39 is 0 Å². The van der Waals surface area contributed by atoms with Crippen molar-refractivity contribution in [3.8, 4) is 0 Å². The Bertz CT molecular complexity index is 428. The second-order valence-corrected chi connectivity index (χ2v) is 5.60. The fourth-order valence-corrected chi connectivity index (χ4v) is 2.76. The summed E-state index contributed by atoms with van der Waals surface area (Å²) in [6.07, 6.45) is 6.16. The van der Waals surface area contributed by atoms with Gasteiger partial charge in [0.2, 0.25) is 0 Å². The molecular formula is C14H18BrNO2. The summed E-state index contributed by atoms with van der Waals surface area (Å²) in [5.74, 6) is 0.238. The van der Waals surface area contributed by atoms with Crippen molar-refractivity contribution in [1.29, 1.82) is 0 Å². The first kappa shape index (κ1) is 13.4. The highest BCUT2D eigenvalue weighted by Crippen LogP contribution is 2.26. The van der Waals surface area contributed by atoms with Crippen LogP contribution in [0.15, 0.2) is 22.7 Å². The van der Waals surface area contributed by atoms with Gasteiger partial charge in [-0.2, -0.15) is 0 Å². The summed E-state index contributed by atoms with van der Waals surface area (Å²) in [6.45, 7) is 0.528. The van der Waals surface area contributed by atoms with Crippen molar-refractivity contribution in [3.05, 3.63) is 28.2 Å². The van der Waals surface area contributed by atoms with E-state index in [4.69, 9.17) is 10.5 Å². The van der Waals surface area contributed by atoms with Gasteiger partial charge in [-0.15, -0.1) is 0 Å². The first-order valence-corrected chi connectivity index (χ1v) is 7.19. The molecule has 1 aliphatic carbocycles. The van der Waals surface area contributed by atoms with Crippen LogP contribution in [0.3, 0.4) is 0 Å². The fraction of sp³-hybridized carbons (Fsp3) is 0.500. The van der Waals surface area contributed by atoms with E-state index in [1.165, 1.54) is 32.1 Å². The maximum Gasteiger partial charge on any atom is 0.339 e. The minimum absolute atomic E-state index is 0.292. The Labute approximate surface area is 116 Å². The van der Waals surface area contributed by atoms with Gasteiger partial charge in [-0.25, -0.2) is 4.79 Å². The van der Waals surface area contributed by atoms with Crippen LogP contribution in [-0.4, -0.2) is 12.6 Å². The largest absolute Gasteiger partial charge is 0.462 e. The Morgan fingerprint density at radius 2 is 2.06 bits per heavy atom. The zero-order chi connectivity index (χ0) is 13.0. The summed E-state index contributed by atoms with van der Waals surface area (Å²) in [5.41, 5.74) is 6.81. The van der Waals surface area contributed by atoms with Crippen molar-refractivity contribution in [1.82, 2.24) is 0 Å². The molecular weight excluding hydrogens is 294 g/mol.